The van der Waals surface area contributed by atoms with Crippen LogP contribution in [0, 0.1) is 0 Å². The molecule has 1 atom stereocenters. The quantitative estimate of drug-likeness (QED) is 0.859. The molecular weight excluding hydrogens is 286 g/mol. The predicted molar refractivity (Wildman–Crippen MR) is 84.0 cm³/mol. The molecule has 0 aromatic heterocycles. The largest absolute Gasteiger partial charge is 0.336 e. The third kappa shape index (κ3) is 4.30. The van der Waals surface area contributed by atoms with E-state index in [9.17, 15) is 13.2 Å². The minimum atomic E-state index is -3.04. The normalized spacial score (nSPS) is 19.5. The number of carbonyl (C=O) groups is 1. The van der Waals surface area contributed by atoms with Gasteiger partial charge in [-0.15, -0.1) is 0 Å². The standard InChI is InChI=1S/C16H23NO3S/c1-3-15-6-4-5-11-17(15)16(18)14-9-7-13(8-10-14)12-21(2,19)20/h7-10,15H,3-6,11-12H2,1-2H3. The summed E-state index contributed by atoms with van der Waals surface area (Å²) in [5, 5.41) is 0. The molecule has 1 aromatic rings. The van der Waals surface area contributed by atoms with Crippen LogP contribution in [0.1, 0.15) is 48.5 Å². The lowest BCUT2D eigenvalue weighted by Gasteiger charge is -2.35. The smallest absolute Gasteiger partial charge is 0.254 e. The molecule has 1 amide bonds. The van der Waals surface area contributed by atoms with Gasteiger partial charge in [-0.3, -0.25) is 4.79 Å². The molecule has 116 valence electrons. The molecule has 1 fully saturated rings. The van der Waals surface area contributed by atoms with Crippen molar-refractivity contribution in [2.45, 2.75) is 44.4 Å². The first-order valence-electron chi connectivity index (χ1n) is 7.48. The second kappa shape index (κ2) is 6.60. The Kier molecular flexibility index (Phi) is 5.04. The van der Waals surface area contributed by atoms with E-state index in [1.807, 2.05) is 4.90 Å². The van der Waals surface area contributed by atoms with Gasteiger partial charge in [-0.1, -0.05) is 19.1 Å². The van der Waals surface area contributed by atoms with Gasteiger partial charge in [-0.25, -0.2) is 8.42 Å². The van der Waals surface area contributed by atoms with Crippen molar-refractivity contribution >= 4 is 15.7 Å². The third-order valence-electron chi connectivity index (χ3n) is 3.99. The van der Waals surface area contributed by atoms with Crippen molar-refractivity contribution in [3.63, 3.8) is 0 Å². The van der Waals surface area contributed by atoms with Crippen LogP contribution in [-0.2, 0) is 15.6 Å². The number of likely N-dealkylation sites (tertiary alicyclic amines) is 1. The Morgan fingerprint density at radius 2 is 1.90 bits per heavy atom. The highest BCUT2D eigenvalue weighted by atomic mass is 32.2. The van der Waals surface area contributed by atoms with Gasteiger partial charge >= 0.3 is 0 Å². The van der Waals surface area contributed by atoms with E-state index >= 15 is 0 Å². The third-order valence-corrected chi connectivity index (χ3v) is 4.85. The molecule has 0 N–H and O–H groups in total. The molecule has 4 nitrogen and oxygen atoms in total. The first-order valence-corrected chi connectivity index (χ1v) is 9.54. The number of amides is 1. The topological polar surface area (TPSA) is 54.5 Å². The van der Waals surface area contributed by atoms with Crippen molar-refractivity contribution < 1.29 is 13.2 Å². The van der Waals surface area contributed by atoms with Gasteiger partial charge in [-0.05, 0) is 43.4 Å². The van der Waals surface area contributed by atoms with E-state index in [4.69, 9.17) is 0 Å². The van der Waals surface area contributed by atoms with E-state index in [1.54, 1.807) is 24.3 Å². The Bertz CT molecular complexity index is 592. The zero-order valence-corrected chi connectivity index (χ0v) is 13.5. The monoisotopic (exact) mass is 309 g/mol. The van der Waals surface area contributed by atoms with Gasteiger partial charge in [0, 0.05) is 24.4 Å². The molecule has 5 heteroatoms. The number of benzene rings is 1. The lowest BCUT2D eigenvalue weighted by atomic mass is 9.98. The minimum absolute atomic E-state index is 0.0166. The van der Waals surface area contributed by atoms with Crippen molar-refractivity contribution in [1.82, 2.24) is 4.90 Å². The van der Waals surface area contributed by atoms with E-state index in [0.29, 0.717) is 11.6 Å². The molecule has 0 aliphatic carbocycles. The Morgan fingerprint density at radius 3 is 2.48 bits per heavy atom. The summed E-state index contributed by atoms with van der Waals surface area (Å²) in [6.45, 7) is 2.94. The van der Waals surface area contributed by atoms with Crippen molar-refractivity contribution in [3.8, 4) is 0 Å². The van der Waals surface area contributed by atoms with Gasteiger partial charge < -0.3 is 4.90 Å². The molecule has 1 unspecified atom stereocenters. The molecule has 2 rings (SSSR count). The summed E-state index contributed by atoms with van der Waals surface area (Å²) in [6.07, 6.45) is 5.53. The molecule has 1 saturated heterocycles. The number of hydrogen-bond donors (Lipinski definition) is 0. The molecule has 21 heavy (non-hydrogen) atoms. The van der Waals surface area contributed by atoms with Gasteiger partial charge in [0.1, 0.15) is 0 Å². The van der Waals surface area contributed by atoms with E-state index in [-0.39, 0.29) is 11.7 Å². The molecule has 0 bridgehead atoms. The molecule has 0 spiro atoms. The van der Waals surface area contributed by atoms with E-state index < -0.39 is 9.84 Å². The maximum absolute atomic E-state index is 12.6. The molecule has 1 aliphatic rings. The van der Waals surface area contributed by atoms with Gasteiger partial charge in [0.05, 0.1) is 5.75 Å². The Labute approximate surface area is 127 Å². The number of piperidine rings is 1. The van der Waals surface area contributed by atoms with Crippen LogP contribution >= 0.6 is 0 Å². The van der Waals surface area contributed by atoms with Crippen LogP contribution in [0.3, 0.4) is 0 Å². The predicted octanol–water partition coefficient (Wildman–Crippen LogP) is 2.64. The molecule has 0 saturated carbocycles. The maximum atomic E-state index is 12.6. The summed E-state index contributed by atoms with van der Waals surface area (Å²) < 4.78 is 22.5. The van der Waals surface area contributed by atoms with Crippen LogP contribution in [-0.4, -0.2) is 38.1 Å². The minimum Gasteiger partial charge on any atom is -0.336 e. The van der Waals surface area contributed by atoms with Crippen LogP contribution < -0.4 is 0 Å². The van der Waals surface area contributed by atoms with Crippen LogP contribution in [0.5, 0.6) is 0 Å². The van der Waals surface area contributed by atoms with Gasteiger partial charge in [-0.2, -0.15) is 0 Å². The molecule has 1 aromatic carbocycles. The summed E-state index contributed by atoms with van der Waals surface area (Å²) in [7, 11) is -3.04. The van der Waals surface area contributed by atoms with E-state index in [1.165, 1.54) is 12.7 Å². The highest BCUT2D eigenvalue weighted by Gasteiger charge is 2.26. The number of rotatable bonds is 4. The zero-order valence-electron chi connectivity index (χ0n) is 12.7. The summed E-state index contributed by atoms with van der Waals surface area (Å²) >= 11 is 0. The van der Waals surface area contributed by atoms with E-state index in [0.717, 1.165) is 31.4 Å². The van der Waals surface area contributed by atoms with Crippen molar-refractivity contribution in [2.24, 2.45) is 0 Å². The second-order valence-corrected chi connectivity index (χ2v) is 7.96. The summed E-state index contributed by atoms with van der Waals surface area (Å²) in [5.74, 6) is 0.0791. The summed E-state index contributed by atoms with van der Waals surface area (Å²) in [6, 6.07) is 7.29. The maximum Gasteiger partial charge on any atom is 0.254 e. The van der Waals surface area contributed by atoms with Gasteiger partial charge in [0.15, 0.2) is 9.84 Å². The molecule has 1 aliphatic heterocycles. The Morgan fingerprint density at radius 1 is 1.24 bits per heavy atom. The zero-order chi connectivity index (χ0) is 15.5. The second-order valence-electron chi connectivity index (χ2n) is 5.82. The summed E-state index contributed by atoms with van der Waals surface area (Å²) in [4.78, 5) is 14.5. The molecule has 0 radical (unpaired) electrons. The van der Waals surface area contributed by atoms with Gasteiger partial charge in [0.2, 0.25) is 0 Å². The number of hydrogen-bond acceptors (Lipinski definition) is 3. The Hall–Kier alpha value is -1.36. The molecule has 1 heterocycles. The SMILES string of the molecule is CCC1CCCCN1C(=O)c1ccc(CS(C)(=O)=O)cc1. The van der Waals surface area contributed by atoms with Crippen LogP contribution in [0.4, 0.5) is 0 Å². The fraction of sp³-hybridized carbons (Fsp3) is 0.562. The number of nitrogens with zero attached hydrogens (tertiary/aromatic N) is 1. The van der Waals surface area contributed by atoms with Crippen molar-refractivity contribution in [3.05, 3.63) is 35.4 Å². The van der Waals surface area contributed by atoms with Crippen molar-refractivity contribution in [1.29, 1.82) is 0 Å². The first kappa shape index (κ1) is 16.0. The van der Waals surface area contributed by atoms with Crippen LogP contribution in [0.15, 0.2) is 24.3 Å². The Balaban J connectivity index is 2.12. The lowest BCUT2D eigenvalue weighted by Crippen LogP contribution is -2.43. The highest BCUT2D eigenvalue weighted by Crippen LogP contribution is 2.22. The fourth-order valence-electron chi connectivity index (χ4n) is 2.90. The van der Waals surface area contributed by atoms with Crippen molar-refractivity contribution in [2.75, 3.05) is 12.8 Å². The van der Waals surface area contributed by atoms with E-state index in [2.05, 4.69) is 6.92 Å². The molecular formula is C16H23NO3S. The van der Waals surface area contributed by atoms with Gasteiger partial charge in [0.25, 0.3) is 5.91 Å². The number of sulfone groups is 1. The first-order chi connectivity index (χ1) is 9.90. The number of carbonyl (C=O) groups excluding carboxylic acids is 1. The van der Waals surface area contributed by atoms with Crippen LogP contribution in [0.25, 0.3) is 0 Å². The lowest BCUT2D eigenvalue weighted by molar-refractivity contribution is 0.0608. The highest BCUT2D eigenvalue weighted by molar-refractivity contribution is 7.89. The fourth-order valence-corrected chi connectivity index (χ4v) is 3.70. The average Bonchev–Trinajstić information content (AvgIpc) is 2.45. The summed E-state index contributed by atoms with van der Waals surface area (Å²) in [5.41, 5.74) is 1.37. The van der Waals surface area contributed by atoms with Crippen LogP contribution in [0.2, 0.25) is 0 Å². The average molecular weight is 309 g/mol.